The zero-order valence-electron chi connectivity index (χ0n) is 14.4. The summed E-state index contributed by atoms with van der Waals surface area (Å²) in [5.74, 6) is 0.958. The molecule has 0 aromatic heterocycles. The van der Waals surface area contributed by atoms with Crippen molar-refractivity contribution in [1.82, 2.24) is 10.6 Å². The second-order valence-corrected chi connectivity index (χ2v) is 6.33. The third kappa shape index (κ3) is 7.85. The third-order valence-electron chi connectivity index (χ3n) is 2.94. The molecule has 0 heterocycles. The molecule has 6 heteroatoms. The summed E-state index contributed by atoms with van der Waals surface area (Å²) in [5.41, 5.74) is 0.764. The predicted octanol–water partition coefficient (Wildman–Crippen LogP) is 1.46. The van der Waals surface area contributed by atoms with Crippen LogP contribution in [-0.2, 0) is 11.3 Å². The van der Waals surface area contributed by atoms with Gasteiger partial charge in [-0.25, -0.2) is 0 Å². The average molecular weight is 324 g/mol. The molecule has 0 saturated heterocycles. The van der Waals surface area contributed by atoms with Crippen molar-refractivity contribution in [2.24, 2.45) is 0 Å². The Morgan fingerprint density at radius 3 is 2.61 bits per heavy atom. The van der Waals surface area contributed by atoms with E-state index < -0.39 is 0 Å². The molecule has 1 aromatic carbocycles. The van der Waals surface area contributed by atoms with Gasteiger partial charge in [0.25, 0.3) is 5.91 Å². The average Bonchev–Trinajstić information content (AvgIpc) is 2.48. The molecule has 6 nitrogen and oxygen atoms in total. The molecule has 0 atom stereocenters. The maximum absolute atomic E-state index is 11.8. The lowest BCUT2D eigenvalue weighted by atomic mass is 10.1. The van der Waals surface area contributed by atoms with Crippen LogP contribution >= 0.6 is 0 Å². The highest BCUT2D eigenvalue weighted by Crippen LogP contribution is 2.28. The molecule has 0 spiro atoms. The number of carbonyl (C=O) groups excluding carboxylic acids is 1. The number of carbonyl (C=O) groups is 1. The van der Waals surface area contributed by atoms with Crippen LogP contribution in [0.5, 0.6) is 11.5 Å². The van der Waals surface area contributed by atoms with Crippen LogP contribution in [0.2, 0.25) is 0 Å². The maximum atomic E-state index is 11.8. The molecule has 130 valence electrons. The van der Waals surface area contributed by atoms with Gasteiger partial charge >= 0.3 is 0 Å². The van der Waals surface area contributed by atoms with Gasteiger partial charge in [-0.15, -0.1) is 0 Å². The van der Waals surface area contributed by atoms with Crippen molar-refractivity contribution in [3.63, 3.8) is 0 Å². The number of aliphatic hydroxyl groups excluding tert-OH is 1. The van der Waals surface area contributed by atoms with E-state index in [1.165, 1.54) is 0 Å². The molecule has 1 rings (SSSR count). The third-order valence-corrected chi connectivity index (χ3v) is 2.94. The van der Waals surface area contributed by atoms with Crippen molar-refractivity contribution >= 4 is 5.91 Å². The van der Waals surface area contributed by atoms with Gasteiger partial charge in [-0.2, -0.15) is 0 Å². The van der Waals surface area contributed by atoms with Crippen molar-refractivity contribution in [2.45, 2.75) is 39.3 Å². The minimum Gasteiger partial charge on any atom is -0.493 e. The minimum absolute atomic E-state index is 0.0538. The van der Waals surface area contributed by atoms with Crippen LogP contribution in [0.15, 0.2) is 18.2 Å². The number of nitrogens with one attached hydrogen (secondary N) is 2. The fourth-order valence-corrected chi connectivity index (χ4v) is 1.98. The first-order valence-electron chi connectivity index (χ1n) is 7.78. The monoisotopic (exact) mass is 324 g/mol. The summed E-state index contributed by atoms with van der Waals surface area (Å²) in [6.07, 6.45) is 0.723. The number of amides is 1. The van der Waals surface area contributed by atoms with E-state index >= 15 is 0 Å². The van der Waals surface area contributed by atoms with E-state index in [1.807, 2.05) is 32.9 Å². The van der Waals surface area contributed by atoms with Gasteiger partial charge in [-0.3, -0.25) is 4.79 Å². The molecule has 0 aliphatic heterocycles. The van der Waals surface area contributed by atoms with Gasteiger partial charge in [-0.05, 0) is 51.4 Å². The molecule has 0 bridgehead atoms. The van der Waals surface area contributed by atoms with Crippen LogP contribution < -0.4 is 20.1 Å². The Morgan fingerprint density at radius 2 is 2.00 bits per heavy atom. The number of hydrogen-bond donors (Lipinski definition) is 3. The maximum Gasteiger partial charge on any atom is 0.258 e. The van der Waals surface area contributed by atoms with E-state index in [0.717, 1.165) is 18.5 Å². The summed E-state index contributed by atoms with van der Waals surface area (Å²) in [4.78, 5) is 11.8. The van der Waals surface area contributed by atoms with E-state index in [4.69, 9.17) is 14.6 Å². The SMILES string of the molecule is COc1cc(CNCCCO)ccc1OCC(=O)NC(C)(C)C. The predicted molar refractivity (Wildman–Crippen MR) is 89.8 cm³/mol. The number of aliphatic hydroxyl groups is 1. The Bertz CT molecular complexity index is 498. The summed E-state index contributed by atoms with van der Waals surface area (Å²) >= 11 is 0. The molecule has 1 aromatic rings. The molecule has 0 saturated carbocycles. The van der Waals surface area contributed by atoms with Crippen molar-refractivity contribution in [1.29, 1.82) is 0 Å². The summed E-state index contributed by atoms with van der Waals surface area (Å²) in [6, 6.07) is 5.60. The van der Waals surface area contributed by atoms with Gasteiger partial charge in [0.2, 0.25) is 0 Å². The van der Waals surface area contributed by atoms with Gasteiger partial charge in [0.15, 0.2) is 18.1 Å². The highest BCUT2D eigenvalue weighted by Gasteiger charge is 2.15. The van der Waals surface area contributed by atoms with E-state index in [9.17, 15) is 4.79 Å². The molecule has 0 aliphatic carbocycles. The van der Waals surface area contributed by atoms with Gasteiger partial charge in [0.1, 0.15) is 0 Å². The van der Waals surface area contributed by atoms with Crippen LogP contribution in [-0.4, -0.2) is 43.4 Å². The Morgan fingerprint density at radius 1 is 1.26 bits per heavy atom. The van der Waals surface area contributed by atoms with Crippen LogP contribution in [0.4, 0.5) is 0 Å². The summed E-state index contributed by atoms with van der Waals surface area (Å²) in [6.45, 7) is 7.32. The zero-order valence-corrected chi connectivity index (χ0v) is 14.4. The van der Waals surface area contributed by atoms with Crippen molar-refractivity contribution in [2.75, 3.05) is 26.9 Å². The second-order valence-electron chi connectivity index (χ2n) is 6.33. The fourth-order valence-electron chi connectivity index (χ4n) is 1.98. The first kappa shape index (κ1) is 19.3. The van der Waals surface area contributed by atoms with Crippen LogP contribution in [0.25, 0.3) is 0 Å². The Labute approximate surface area is 138 Å². The molecule has 23 heavy (non-hydrogen) atoms. The number of benzene rings is 1. The molecule has 0 radical (unpaired) electrons. The van der Waals surface area contributed by atoms with Gasteiger partial charge in [-0.1, -0.05) is 6.07 Å². The van der Waals surface area contributed by atoms with E-state index in [0.29, 0.717) is 18.0 Å². The molecule has 0 aliphatic rings. The van der Waals surface area contributed by atoms with E-state index in [2.05, 4.69) is 10.6 Å². The van der Waals surface area contributed by atoms with Crippen molar-refractivity contribution in [3.05, 3.63) is 23.8 Å². The lowest BCUT2D eigenvalue weighted by Crippen LogP contribution is -2.43. The van der Waals surface area contributed by atoms with E-state index in [1.54, 1.807) is 13.2 Å². The quantitative estimate of drug-likeness (QED) is 0.599. The van der Waals surface area contributed by atoms with Gasteiger partial charge in [0, 0.05) is 18.7 Å². The van der Waals surface area contributed by atoms with Gasteiger partial charge < -0.3 is 25.2 Å². The molecular weight excluding hydrogens is 296 g/mol. The van der Waals surface area contributed by atoms with Crippen molar-refractivity contribution in [3.8, 4) is 11.5 Å². The molecular formula is C17H28N2O4. The zero-order chi connectivity index (χ0) is 17.3. The number of methoxy groups -OCH3 is 1. The number of ether oxygens (including phenoxy) is 2. The Balaban J connectivity index is 2.57. The highest BCUT2D eigenvalue weighted by atomic mass is 16.5. The van der Waals surface area contributed by atoms with Crippen LogP contribution in [0.3, 0.4) is 0 Å². The molecule has 1 amide bonds. The molecule has 0 fully saturated rings. The smallest absolute Gasteiger partial charge is 0.258 e. The first-order valence-corrected chi connectivity index (χ1v) is 7.78. The molecule has 3 N–H and O–H groups in total. The second kappa shape index (κ2) is 9.37. The van der Waals surface area contributed by atoms with Crippen LogP contribution in [0.1, 0.15) is 32.8 Å². The van der Waals surface area contributed by atoms with E-state index in [-0.39, 0.29) is 24.7 Å². The summed E-state index contributed by atoms with van der Waals surface area (Å²) in [7, 11) is 1.57. The topological polar surface area (TPSA) is 79.8 Å². The Hall–Kier alpha value is -1.79. The number of hydrogen-bond acceptors (Lipinski definition) is 5. The summed E-state index contributed by atoms with van der Waals surface area (Å²) < 4.78 is 10.9. The largest absolute Gasteiger partial charge is 0.493 e. The summed E-state index contributed by atoms with van der Waals surface area (Å²) in [5, 5.41) is 14.8. The highest BCUT2D eigenvalue weighted by molar-refractivity contribution is 5.78. The standard InChI is InChI=1S/C17H28N2O4/c1-17(2,3)19-16(21)12-23-14-7-6-13(10-15(14)22-4)11-18-8-5-9-20/h6-7,10,18,20H,5,8-9,11-12H2,1-4H3,(H,19,21). The van der Waals surface area contributed by atoms with Gasteiger partial charge in [0.05, 0.1) is 7.11 Å². The lowest BCUT2D eigenvalue weighted by Gasteiger charge is -2.20. The normalized spacial score (nSPS) is 11.2. The first-order chi connectivity index (χ1) is 10.9. The molecule has 0 unspecified atom stereocenters. The number of rotatable bonds is 9. The van der Waals surface area contributed by atoms with Crippen LogP contribution in [0, 0.1) is 0 Å². The minimum atomic E-state index is -0.283. The fraction of sp³-hybridized carbons (Fsp3) is 0.588. The Kier molecular flexibility index (Phi) is 7.85. The lowest BCUT2D eigenvalue weighted by molar-refractivity contribution is -0.124. The van der Waals surface area contributed by atoms with Crippen molar-refractivity contribution < 1.29 is 19.4 Å².